The number of aliphatic hydroxyl groups is 4. The fourth-order valence-electron chi connectivity index (χ4n) is 8.15. The molecule has 0 rings (SSSR count). The van der Waals surface area contributed by atoms with Gasteiger partial charge in [0, 0.05) is 0 Å². The summed E-state index contributed by atoms with van der Waals surface area (Å²) in [5.41, 5.74) is 0. The Bertz CT molecular complexity index is 878. The van der Waals surface area contributed by atoms with Gasteiger partial charge in [0.05, 0.1) is 18.8 Å². The van der Waals surface area contributed by atoms with E-state index in [1.807, 2.05) is 0 Å². The third-order valence-electron chi connectivity index (χ3n) is 12.2. The van der Waals surface area contributed by atoms with Gasteiger partial charge in [-0.1, -0.05) is 256 Å². The van der Waals surface area contributed by atoms with Crippen molar-refractivity contribution in [1.29, 1.82) is 0 Å². The number of aliphatic hydroxyl groups excluding tert-OH is 4. The molecule has 0 saturated heterocycles. The van der Waals surface area contributed by atoms with Crippen LogP contribution in [-0.2, 0) is 4.79 Å². The van der Waals surface area contributed by atoms with E-state index in [2.05, 4.69) is 43.5 Å². The molecular weight excluding hydrogens is 719 g/mol. The molecule has 0 spiro atoms. The van der Waals surface area contributed by atoms with Crippen molar-refractivity contribution in [3.8, 4) is 0 Å². The van der Waals surface area contributed by atoms with Crippen LogP contribution in [0, 0.1) is 0 Å². The Hall–Kier alpha value is -1.21. The van der Waals surface area contributed by atoms with Gasteiger partial charge in [-0.15, -0.1) is 0 Å². The Morgan fingerprint density at radius 1 is 0.448 bits per heavy atom. The first-order valence-electron chi connectivity index (χ1n) is 25.7. The topological polar surface area (TPSA) is 110 Å². The van der Waals surface area contributed by atoms with Crippen LogP contribution in [-0.4, -0.2) is 57.3 Å². The minimum atomic E-state index is -1.26. The molecule has 4 unspecified atom stereocenters. The summed E-state index contributed by atoms with van der Waals surface area (Å²) in [6.45, 7) is 3.98. The highest BCUT2D eigenvalue weighted by Gasteiger charge is 2.28. The predicted molar refractivity (Wildman–Crippen MR) is 251 cm³/mol. The van der Waals surface area contributed by atoms with E-state index < -0.39 is 36.9 Å². The summed E-state index contributed by atoms with van der Waals surface area (Å²) in [4.78, 5) is 12.6. The Kier molecular flexibility index (Phi) is 45.9. The SMILES string of the molecule is CC/C=C\C/C=C\CCCCCCCCCCCCCCCC(O)C(=O)NC(CO)C(O)C(O)CCCCCCCCCCCCCCCCCCCCCCCC. The van der Waals surface area contributed by atoms with Gasteiger partial charge in [0.25, 0.3) is 0 Å². The molecule has 1 amide bonds. The number of hydrogen-bond donors (Lipinski definition) is 5. The molecule has 0 fully saturated rings. The lowest BCUT2D eigenvalue weighted by Crippen LogP contribution is -2.53. The van der Waals surface area contributed by atoms with Gasteiger partial charge in [-0.2, -0.15) is 0 Å². The zero-order valence-corrected chi connectivity index (χ0v) is 38.8. The number of allylic oxidation sites excluding steroid dienone is 4. The zero-order chi connectivity index (χ0) is 42.4. The number of hydrogen-bond acceptors (Lipinski definition) is 5. The van der Waals surface area contributed by atoms with Crippen molar-refractivity contribution in [2.75, 3.05) is 6.61 Å². The molecule has 0 aliphatic heterocycles. The first-order valence-corrected chi connectivity index (χ1v) is 25.7. The molecule has 0 saturated carbocycles. The van der Waals surface area contributed by atoms with Gasteiger partial charge in [0.1, 0.15) is 12.2 Å². The van der Waals surface area contributed by atoms with E-state index in [9.17, 15) is 25.2 Å². The van der Waals surface area contributed by atoms with Crippen molar-refractivity contribution in [2.24, 2.45) is 0 Å². The molecule has 4 atom stereocenters. The first-order chi connectivity index (χ1) is 28.5. The summed E-state index contributed by atoms with van der Waals surface area (Å²) < 4.78 is 0. The molecule has 0 aromatic rings. The van der Waals surface area contributed by atoms with Crippen molar-refractivity contribution < 1.29 is 25.2 Å². The molecule has 0 bridgehead atoms. The summed E-state index contributed by atoms with van der Waals surface area (Å²) >= 11 is 0. The van der Waals surface area contributed by atoms with Crippen molar-refractivity contribution in [2.45, 2.75) is 295 Å². The normalized spacial score (nSPS) is 14.1. The van der Waals surface area contributed by atoms with Gasteiger partial charge >= 0.3 is 0 Å². The van der Waals surface area contributed by atoms with Gasteiger partial charge in [-0.3, -0.25) is 4.79 Å². The van der Waals surface area contributed by atoms with Crippen molar-refractivity contribution in [1.82, 2.24) is 5.32 Å². The van der Waals surface area contributed by atoms with Crippen LogP contribution >= 0.6 is 0 Å². The average Bonchev–Trinajstić information content (AvgIpc) is 3.23. The number of carbonyl (C=O) groups excluding carboxylic acids is 1. The summed E-state index contributed by atoms with van der Waals surface area (Å²) in [5.74, 6) is -0.582. The van der Waals surface area contributed by atoms with E-state index in [1.54, 1.807) is 0 Å². The van der Waals surface area contributed by atoms with Crippen molar-refractivity contribution in [3.05, 3.63) is 24.3 Å². The van der Waals surface area contributed by atoms with E-state index in [1.165, 1.54) is 193 Å². The molecule has 0 radical (unpaired) electrons. The number of unbranched alkanes of at least 4 members (excludes halogenated alkanes) is 34. The lowest BCUT2D eigenvalue weighted by Gasteiger charge is -2.27. The number of rotatable bonds is 47. The highest BCUT2D eigenvalue weighted by atomic mass is 16.3. The molecule has 0 aromatic heterocycles. The predicted octanol–water partition coefficient (Wildman–Crippen LogP) is 14.3. The standard InChI is InChI=1S/C52H101NO5/c1-3-5-7-9-11-13-15-17-19-21-23-25-26-28-29-31-33-35-37-39-41-43-45-49(55)51(57)48(47-54)53-52(58)50(56)46-44-42-40-38-36-34-32-30-27-24-22-20-18-16-14-12-10-8-6-4-2/h6,8,12,14,48-51,54-57H,3-5,7,9-11,13,15-47H2,1-2H3,(H,53,58)/b8-6-,14-12-. The second-order valence-corrected chi connectivity index (χ2v) is 17.8. The maximum Gasteiger partial charge on any atom is 0.249 e. The Morgan fingerprint density at radius 2 is 0.793 bits per heavy atom. The molecule has 0 aromatic carbocycles. The van der Waals surface area contributed by atoms with E-state index in [4.69, 9.17) is 0 Å². The maximum atomic E-state index is 12.6. The zero-order valence-electron chi connectivity index (χ0n) is 38.8. The lowest BCUT2D eigenvalue weighted by molar-refractivity contribution is -0.132. The summed E-state index contributed by atoms with van der Waals surface area (Å²) in [5, 5.41) is 43.9. The highest BCUT2D eigenvalue weighted by Crippen LogP contribution is 2.18. The minimum Gasteiger partial charge on any atom is -0.394 e. The highest BCUT2D eigenvalue weighted by molar-refractivity contribution is 5.80. The molecular formula is C52H101NO5. The lowest BCUT2D eigenvalue weighted by atomic mass is 9.99. The van der Waals surface area contributed by atoms with Crippen LogP contribution in [0.4, 0.5) is 0 Å². The second kappa shape index (κ2) is 46.8. The van der Waals surface area contributed by atoms with Crippen LogP contribution in [0.3, 0.4) is 0 Å². The molecule has 6 nitrogen and oxygen atoms in total. The van der Waals surface area contributed by atoms with Crippen molar-refractivity contribution in [3.63, 3.8) is 0 Å². The van der Waals surface area contributed by atoms with Crippen molar-refractivity contribution >= 4 is 5.91 Å². The molecule has 58 heavy (non-hydrogen) atoms. The molecule has 0 aliphatic carbocycles. The van der Waals surface area contributed by atoms with Gasteiger partial charge in [0.2, 0.25) is 5.91 Å². The van der Waals surface area contributed by atoms with Gasteiger partial charge in [-0.05, 0) is 38.5 Å². The fraction of sp³-hybridized carbons (Fsp3) is 0.904. The van der Waals surface area contributed by atoms with Crippen LogP contribution in [0.5, 0.6) is 0 Å². The number of carbonyl (C=O) groups is 1. The first kappa shape index (κ1) is 56.8. The molecule has 0 heterocycles. The molecule has 6 heteroatoms. The molecule has 0 aliphatic rings. The van der Waals surface area contributed by atoms with Gasteiger partial charge < -0.3 is 25.7 Å². The third kappa shape index (κ3) is 40.2. The Labute approximate surface area is 361 Å². The van der Waals surface area contributed by atoms with Gasteiger partial charge in [-0.25, -0.2) is 0 Å². The Morgan fingerprint density at radius 3 is 1.17 bits per heavy atom. The van der Waals surface area contributed by atoms with E-state index in [0.717, 1.165) is 51.4 Å². The minimum absolute atomic E-state index is 0.370. The third-order valence-corrected chi connectivity index (χ3v) is 12.2. The number of nitrogens with one attached hydrogen (secondary N) is 1. The quantitative estimate of drug-likeness (QED) is 0.0310. The van der Waals surface area contributed by atoms with Gasteiger partial charge in [0.15, 0.2) is 0 Å². The van der Waals surface area contributed by atoms with Crippen LogP contribution in [0.15, 0.2) is 24.3 Å². The molecule has 344 valence electrons. The summed E-state index contributed by atoms with van der Waals surface area (Å²) in [7, 11) is 0. The van der Waals surface area contributed by atoms with Crippen LogP contribution in [0.25, 0.3) is 0 Å². The number of amides is 1. The van der Waals surface area contributed by atoms with Crippen LogP contribution < -0.4 is 5.32 Å². The maximum absolute atomic E-state index is 12.6. The fourth-order valence-corrected chi connectivity index (χ4v) is 8.15. The summed E-state index contributed by atoms with van der Waals surface area (Å²) in [6.07, 6.45) is 55.1. The Balaban J connectivity index is 3.64. The second-order valence-electron chi connectivity index (χ2n) is 17.8. The average molecular weight is 820 g/mol. The largest absolute Gasteiger partial charge is 0.394 e. The van der Waals surface area contributed by atoms with E-state index in [-0.39, 0.29) is 0 Å². The summed E-state index contributed by atoms with van der Waals surface area (Å²) in [6, 6.07) is -0.984. The monoisotopic (exact) mass is 820 g/mol. The molecule has 5 N–H and O–H groups in total. The smallest absolute Gasteiger partial charge is 0.249 e. The van der Waals surface area contributed by atoms with E-state index >= 15 is 0 Å². The van der Waals surface area contributed by atoms with E-state index in [0.29, 0.717) is 12.8 Å². The van der Waals surface area contributed by atoms with Crippen LogP contribution in [0.2, 0.25) is 0 Å². The van der Waals surface area contributed by atoms with Crippen LogP contribution in [0.1, 0.15) is 271 Å².